The van der Waals surface area contributed by atoms with Crippen molar-refractivity contribution in [1.82, 2.24) is 10.2 Å². The summed E-state index contributed by atoms with van der Waals surface area (Å²) in [6.45, 7) is 5.80. The molecule has 1 aromatic rings. The number of nitrogens with one attached hydrogen (secondary N) is 1. The van der Waals surface area contributed by atoms with Crippen LogP contribution in [-0.4, -0.2) is 29.9 Å². The minimum atomic E-state index is -0.206. The lowest BCUT2D eigenvalue weighted by atomic mass is 10.1. The van der Waals surface area contributed by atoms with E-state index in [0.29, 0.717) is 25.6 Å². The molecule has 1 saturated heterocycles. The zero-order chi connectivity index (χ0) is 14.4. The number of carbonyl (C=O) groups is 1. The zero-order valence-electron chi connectivity index (χ0n) is 11.6. The van der Waals surface area contributed by atoms with E-state index in [-0.39, 0.29) is 11.7 Å². The summed E-state index contributed by atoms with van der Waals surface area (Å²) in [5.41, 5.74) is 0.940. The average Bonchev–Trinajstić information content (AvgIpc) is 2.77. The third-order valence-corrected chi connectivity index (χ3v) is 3.65. The summed E-state index contributed by atoms with van der Waals surface area (Å²) < 4.78 is 13.0. The van der Waals surface area contributed by atoms with E-state index in [1.807, 2.05) is 11.0 Å². The van der Waals surface area contributed by atoms with Crippen LogP contribution in [0.1, 0.15) is 24.8 Å². The van der Waals surface area contributed by atoms with Gasteiger partial charge >= 0.3 is 0 Å². The van der Waals surface area contributed by atoms with E-state index in [1.165, 1.54) is 12.1 Å². The Bertz CT molecular complexity index is 475. The van der Waals surface area contributed by atoms with Gasteiger partial charge in [-0.3, -0.25) is 4.79 Å². The first-order chi connectivity index (χ1) is 9.70. The van der Waals surface area contributed by atoms with Crippen LogP contribution in [0.4, 0.5) is 4.39 Å². The number of benzene rings is 1. The lowest BCUT2D eigenvalue weighted by Gasteiger charge is -2.23. The van der Waals surface area contributed by atoms with Crippen molar-refractivity contribution in [2.75, 3.05) is 13.1 Å². The maximum Gasteiger partial charge on any atom is 0.223 e. The molecule has 1 aliphatic rings. The molecule has 0 aliphatic carbocycles. The van der Waals surface area contributed by atoms with Gasteiger partial charge in [-0.2, -0.15) is 0 Å². The largest absolute Gasteiger partial charge is 0.336 e. The molecule has 1 fully saturated rings. The summed E-state index contributed by atoms with van der Waals surface area (Å²) in [4.78, 5) is 13.6. The number of hydrogen-bond acceptors (Lipinski definition) is 2. The molecule has 0 bridgehead atoms. The molecule has 2 rings (SSSR count). The number of halogens is 1. The SMILES string of the molecule is C=CCN1C(=O)CC[C@@H]1CCNCc1cccc(F)c1. The standard InChI is InChI=1S/C16H21FN2O/c1-2-10-19-15(6-7-16(19)20)8-9-18-12-13-4-3-5-14(17)11-13/h2-5,11,15,18H,1,6-10,12H2/t15-/m1/s1. The third kappa shape index (κ3) is 3.90. The Hall–Kier alpha value is -1.68. The van der Waals surface area contributed by atoms with E-state index in [1.54, 1.807) is 12.1 Å². The molecule has 0 aromatic heterocycles. The number of carbonyl (C=O) groups excluding carboxylic acids is 1. The van der Waals surface area contributed by atoms with Gasteiger partial charge in [-0.05, 0) is 37.1 Å². The smallest absolute Gasteiger partial charge is 0.223 e. The van der Waals surface area contributed by atoms with Gasteiger partial charge in [0.05, 0.1) is 0 Å². The van der Waals surface area contributed by atoms with Crippen LogP contribution >= 0.6 is 0 Å². The summed E-state index contributed by atoms with van der Waals surface area (Å²) in [6, 6.07) is 6.91. The Kier molecular flexibility index (Phi) is 5.30. The van der Waals surface area contributed by atoms with Crippen molar-refractivity contribution in [3.05, 3.63) is 48.3 Å². The minimum Gasteiger partial charge on any atom is -0.336 e. The zero-order valence-corrected chi connectivity index (χ0v) is 11.6. The Morgan fingerprint density at radius 1 is 1.50 bits per heavy atom. The molecule has 1 aliphatic heterocycles. The van der Waals surface area contributed by atoms with Crippen molar-refractivity contribution in [2.24, 2.45) is 0 Å². The van der Waals surface area contributed by atoms with Gasteiger partial charge in [0.1, 0.15) is 5.82 Å². The van der Waals surface area contributed by atoms with E-state index >= 15 is 0 Å². The summed E-state index contributed by atoms with van der Waals surface area (Å²) in [6.07, 6.45) is 4.27. The van der Waals surface area contributed by atoms with Crippen LogP contribution in [0, 0.1) is 5.82 Å². The number of rotatable bonds is 7. The van der Waals surface area contributed by atoms with Crippen LogP contribution in [-0.2, 0) is 11.3 Å². The summed E-state index contributed by atoms with van der Waals surface area (Å²) in [5.74, 6) is 0.0166. The van der Waals surface area contributed by atoms with Gasteiger partial charge in [-0.25, -0.2) is 4.39 Å². The second kappa shape index (κ2) is 7.20. The fourth-order valence-electron chi connectivity index (χ4n) is 2.63. The molecule has 0 unspecified atom stereocenters. The maximum absolute atomic E-state index is 13.0. The lowest BCUT2D eigenvalue weighted by Crippen LogP contribution is -2.35. The molecule has 1 amide bonds. The first-order valence-corrected chi connectivity index (χ1v) is 7.06. The monoisotopic (exact) mass is 276 g/mol. The fourth-order valence-corrected chi connectivity index (χ4v) is 2.63. The van der Waals surface area contributed by atoms with E-state index in [4.69, 9.17) is 0 Å². The van der Waals surface area contributed by atoms with Crippen molar-refractivity contribution in [3.63, 3.8) is 0 Å². The summed E-state index contributed by atoms with van der Waals surface area (Å²) >= 11 is 0. The Morgan fingerprint density at radius 2 is 2.35 bits per heavy atom. The molecule has 0 spiro atoms. The van der Waals surface area contributed by atoms with Crippen LogP contribution < -0.4 is 5.32 Å². The van der Waals surface area contributed by atoms with Crippen molar-refractivity contribution in [2.45, 2.75) is 31.8 Å². The second-order valence-electron chi connectivity index (χ2n) is 5.12. The summed E-state index contributed by atoms with van der Waals surface area (Å²) in [7, 11) is 0. The van der Waals surface area contributed by atoms with E-state index in [0.717, 1.165) is 24.9 Å². The van der Waals surface area contributed by atoms with Crippen LogP contribution in [0.25, 0.3) is 0 Å². The average molecular weight is 276 g/mol. The van der Waals surface area contributed by atoms with Crippen LogP contribution in [0.5, 0.6) is 0 Å². The predicted molar refractivity (Wildman–Crippen MR) is 77.7 cm³/mol. The highest BCUT2D eigenvalue weighted by atomic mass is 19.1. The van der Waals surface area contributed by atoms with Gasteiger partial charge in [0.25, 0.3) is 0 Å². The van der Waals surface area contributed by atoms with E-state index < -0.39 is 0 Å². The molecule has 0 saturated carbocycles. The van der Waals surface area contributed by atoms with Gasteiger partial charge in [-0.15, -0.1) is 6.58 Å². The van der Waals surface area contributed by atoms with Crippen LogP contribution in [0.3, 0.4) is 0 Å². The van der Waals surface area contributed by atoms with Crippen molar-refractivity contribution in [1.29, 1.82) is 0 Å². The van der Waals surface area contributed by atoms with E-state index in [9.17, 15) is 9.18 Å². The third-order valence-electron chi connectivity index (χ3n) is 3.65. The minimum absolute atomic E-state index is 0.206. The van der Waals surface area contributed by atoms with Crippen LogP contribution in [0.2, 0.25) is 0 Å². The molecule has 108 valence electrons. The Morgan fingerprint density at radius 3 is 3.10 bits per heavy atom. The molecule has 4 heteroatoms. The predicted octanol–water partition coefficient (Wildman–Crippen LogP) is 2.48. The Labute approximate surface area is 119 Å². The normalized spacial score (nSPS) is 18.6. The number of nitrogens with zero attached hydrogens (tertiary/aromatic N) is 1. The van der Waals surface area contributed by atoms with Gasteiger partial charge in [0.2, 0.25) is 5.91 Å². The van der Waals surface area contributed by atoms with Gasteiger partial charge in [0, 0.05) is 25.6 Å². The molecular formula is C16H21FN2O. The molecule has 3 nitrogen and oxygen atoms in total. The van der Waals surface area contributed by atoms with Crippen LogP contribution in [0.15, 0.2) is 36.9 Å². The van der Waals surface area contributed by atoms with Gasteiger partial charge in [0.15, 0.2) is 0 Å². The van der Waals surface area contributed by atoms with Gasteiger partial charge < -0.3 is 10.2 Å². The maximum atomic E-state index is 13.0. The molecule has 1 N–H and O–H groups in total. The molecule has 0 radical (unpaired) electrons. The highest BCUT2D eigenvalue weighted by Crippen LogP contribution is 2.20. The Balaban J connectivity index is 1.73. The quantitative estimate of drug-likeness (QED) is 0.613. The topological polar surface area (TPSA) is 32.3 Å². The van der Waals surface area contributed by atoms with Crippen molar-refractivity contribution >= 4 is 5.91 Å². The van der Waals surface area contributed by atoms with Crippen molar-refractivity contribution < 1.29 is 9.18 Å². The second-order valence-corrected chi connectivity index (χ2v) is 5.12. The lowest BCUT2D eigenvalue weighted by molar-refractivity contribution is -0.128. The highest BCUT2D eigenvalue weighted by Gasteiger charge is 2.29. The fraction of sp³-hybridized carbons (Fsp3) is 0.438. The van der Waals surface area contributed by atoms with E-state index in [2.05, 4.69) is 11.9 Å². The first-order valence-electron chi connectivity index (χ1n) is 7.06. The van der Waals surface area contributed by atoms with Crippen molar-refractivity contribution in [3.8, 4) is 0 Å². The molecule has 20 heavy (non-hydrogen) atoms. The molecule has 1 atom stereocenters. The molecule has 1 aromatic carbocycles. The molecule has 1 heterocycles. The number of likely N-dealkylation sites (tertiary alicyclic amines) is 1. The highest BCUT2D eigenvalue weighted by molar-refractivity contribution is 5.78. The molecular weight excluding hydrogens is 255 g/mol. The number of hydrogen-bond donors (Lipinski definition) is 1. The first kappa shape index (κ1) is 14.7. The van der Waals surface area contributed by atoms with Gasteiger partial charge in [-0.1, -0.05) is 18.2 Å². The summed E-state index contributed by atoms with van der Waals surface area (Å²) in [5, 5.41) is 3.30. The number of amides is 1.